The van der Waals surface area contributed by atoms with Crippen LogP contribution in [0.15, 0.2) is 0 Å². The number of aliphatic hydroxyl groups is 5. The number of aliphatic hydroxyl groups excluding tert-OH is 5. The second-order valence-electron chi connectivity index (χ2n) is 2.51. The number of carbonyl (C=O) groups is 1. The molecular weight excluding hydrogens is 195 g/mol. The van der Waals surface area contributed by atoms with Gasteiger partial charge in [-0.1, -0.05) is 0 Å². The highest BCUT2D eigenvalue weighted by Gasteiger charge is 2.33. The number of hydrogen-bond donors (Lipinski definition) is 6. The van der Waals surface area contributed by atoms with Crippen molar-refractivity contribution in [2.75, 3.05) is 6.61 Å². The van der Waals surface area contributed by atoms with E-state index in [1.165, 1.54) is 0 Å². The van der Waals surface area contributed by atoms with Gasteiger partial charge in [0.1, 0.15) is 18.3 Å². The SMILES string of the molecule is B.O=C(O)C(O)C(O)C(O)C(O)CO. The van der Waals surface area contributed by atoms with Gasteiger partial charge in [0.2, 0.25) is 0 Å². The quantitative estimate of drug-likeness (QED) is 0.251. The Morgan fingerprint density at radius 3 is 1.79 bits per heavy atom. The first-order chi connectivity index (χ1) is 5.91. The summed E-state index contributed by atoms with van der Waals surface area (Å²) in [6.45, 7) is -0.843. The molecule has 0 aromatic rings. The molecule has 8 heteroatoms. The third-order valence-corrected chi connectivity index (χ3v) is 1.51. The minimum absolute atomic E-state index is 0. The van der Waals surface area contributed by atoms with Gasteiger partial charge in [-0.2, -0.15) is 0 Å². The monoisotopic (exact) mass is 210 g/mol. The number of carboxylic acids is 1. The fourth-order valence-electron chi connectivity index (χ4n) is 0.668. The molecule has 0 heterocycles. The van der Waals surface area contributed by atoms with Crippen LogP contribution < -0.4 is 0 Å². The molecule has 0 radical (unpaired) electrons. The van der Waals surface area contributed by atoms with Gasteiger partial charge in [0.15, 0.2) is 6.10 Å². The van der Waals surface area contributed by atoms with Crippen molar-refractivity contribution in [3.8, 4) is 0 Å². The molecule has 0 aromatic heterocycles. The van der Waals surface area contributed by atoms with Crippen LogP contribution in [0.5, 0.6) is 0 Å². The highest BCUT2D eigenvalue weighted by Crippen LogP contribution is 2.04. The summed E-state index contributed by atoms with van der Waals surface area (Å²) in [6, 6.07) is 0. The molecule has 84 valence electrons. The van der Waals surface area contributed by atoms with Crippen molar-refractivity contribution in [1.82, 2.24) is 0 Å². The van der Waals surface area contributed by atoms with Crippen molar-refractivity contribution >= 4 is 14.4 Å². The van der Waals surface area contributed by atoms with E-state index < -0.39 is 37.0 Å². The van der Waals surface area contributed by atoms with Gasteiger partial charge in [-0.25, -0.2) is 4.79 Å². The van der Waals surface area contributed by atoms with Crippen LogP contribution in [0.25, 0.3) is 0 Å². The highest BCUT2D eigenvalue weighted by atomic mass is 16.4. The van der Waals surface area contributed by atoms with E-state index in [-0.39, 0.29) is 8.41 Å². The van der Waals surface area contributed by atoms with E-state index in [0.717, 1.165) is 0 Å². The van der Waals surface area contributed by atoms with E-state index in [2.05, 4.69) is 0 Å². The molecule has 0 rings (SSSR count). The summed E-state index contributed by atoms with van der Waals surface area (Å²) in [7, 11) is 0. The Morgan fingerprint density at radius 2 is 1.50 bits per heavy atom. The Morgan fingerprint density at radius 1 is 1.07 bits per heavy atom. The summed E-state index contributed by atoms with van der Waals surface area (Å²) >= 11 is 0. The van der Waals surface area contributed by atoms with Crippen molar-refractivity contribution < 1.29 is 35.4 Å². The van der Waals surface area contributed by atoms with E-state index >= 15 is 0 Å². The number of rotatable bonds is 5. The van der Waals surface area contributed by atoms with Crippen LogP contribution in [-0.4, -0.2) is 76.0 Å². The Hall–Kier alpha value is -0.665. The summed E-state index contributed by atoms with van der Waals surface area (Å²) in [5.41, 5.74) is 0. The van der Waals surface area contributed by atoms with Crippen LogP contribution in [0.1, 0.15) is 0 Å². The van der Waals surface area contributed by atoms with E-state index in [1.807, 2.05) is 0 Å². The average Bonchev–Trinajstić information content (AvgIpc) is 2.12. The molecule has 0 aliphatic rings. The molecule has 0 bridgehead atoms. The minimum atomic E-state index is -2.20. The third-order valence-electron chi connectivity index (χ3n) is 1.51. The predicted octanol–water partition coefficient (Wildman–Crippen LogP) is -4.68. The van der Waals surface area contributed by atoms with Gasteiger partial charge in [-0.15, -0.1) is 0 Å². The van der Waals surface area contributed by atoms with Crippen molar-refractivity contribution in [3.05, 3.63) is 0 Å². The maximum atomic E-state index is 10.1. The summed E-state index contributed by atoms with van der Waals surface area (Å²) < 4.78 is 0. The first-order valence-corrected chi connectivity index (χ1v) is 3.47. The summed E-state index contributed by atoms with van der Waals surface area (Å²) in [5, 5.41) is 51.8. The van der Waals surface area contributed by atoms with Crippen LogP contribution in [0.2, 0.25) is 0 Å². The first kappa shape index (κ1) is 15.8. The third kappa shape index (κ3) is 4.03. The van der Waals surface area contributed by atoms with Crippen molar-refractivity contribution in [2.24, 2.45) is 0 Å². The van der Waals surface area contributed by atoms with Crippen LogP contribution in [-0.2, 0) is 4.79 Å². The molecule has 0 spiro atoms. The lowest BCUT2D eigenvalue weighted by Gasteiger charge is -2.23. The van der Waals surface area contributed by atoms with Crippen molar-refractivity contribution in [3.63, 3.8) is 0 Å². The molecule has 0 aromatic carbocycles. The van der Waals surface area contributed by atoms with Gasteiger partial charge in [0.05, 0.1) is 15.0 Å². The maximum Gasteiger partial charge on any atom is 0.335 e. The van der Waals surface area contributed by atoms with E-state index in [9.17, 15) is 4.79 Å². The molecule has 0 saturated carbocycles. The Kier molecular flexibility index (Phi) is 7.60. The number of aliphatic carboxylic acids is 1. The van der Waals surface area contributed by atoms with Gasteiger partial charge >= 0.3 is 5.97 Å². The van der Waals surface area contributed by atoms with Crippen LogP contribution in [0, 0.1) is 0 Å². The topological polar surface area (TPSA) is 138 Å². The molecule has 0 fully saturated rings. The van der Waals surface area contributed by atoms with E-state index in [1.54, 1.807) is 0 Å². The fourth-order valence-corrected chi connectivity index (χ4v) is 0.668. The van der Waals surface area contributed by atoms with E-state index in [4.69, 9.17) is 30.6 Å². The normalized spacial score (nSPS) is 18.9. The van der Waals surface area contributed by atoms with Gasteiger partial charge in [-0.3, -0.25) is 0 Å². The Labute approximate surface area is 81.8 Å². The second-order valence-corrected chi connectivity index (χ2v) is 2.51. The van der Waals surface area contributed by atoms with Gasteiger partial charge in [0.25, 0.3) is 0 Å². The lowest BCUT2D eigenvalue weighted by atomic mass is 10.0. The zero-order chi connectivity index (χ0) is 10.6. The molecule has 6 N–H and O–H groups in total. The molecule has 7 nitrogen and oxygen atoms in total. The largest absolute Gasteiger partial charge is 0.479 e. The molecule has 0 saturated heterocycles. The minimum Gasteiger partial charge on any atom is -0.479 e. The number of hydrogen-bond acceptors (Lipinski definition) is 6. The maximum absolute atomic E-state index is 10.1. The molecule has 4 unspecified atom stereocenters. The Balaban J connectivity index is 0. The zero-order valence-corrected chi connectivity index (χ0v) is 6.61. The molecule has 4 atom stereocenters. The molecule has 0 aliphatic heterocycles. The summed E-state index contributed by atoms with van der Waals surface area (Å²) in [5.74, 6) is -1.73. The predicted molar refractivity (Wildman–Crippen MR) is 48.7 cm³/mol. The Bertz CT molecular complexity index is 176. The molecule has 14 heavy (non-hydrogen) atoms. The lowest BCUT2D eigenvalue weighted by molar-refractivity contribution is -0.164. The van der Waals surface area contributed by atoms with Crippen LogP contribution >= 0.6 is 0 Å². The molecule has 0 amide bonds. The zero-order valence-electron chi connectivity index (χ0n) is 6.61. The summed E-state index contributed by atoms with van der Waals surface area (Å²) in [4.78, 5) is 10.1. The van der Waals surface area contributed by atoms with Gasteiger partial charge in [0, 0.05) is 0 Å². The average molecular weight is 210 g/mol. The molecule has 0 aliphatic carbocycles. The summed E-state index contributed by atoms with van der Waals surface area (Å²) in [6.07, 6.45) is -7.84. The lowest BCUT2D eigenvalue weighted by Crippen LogP contribution is -2.48. The van der Waals surface area contributed by atoms with E-state index in [0.29, 0.717) is 0 Å². The van der Waals surface area contributed by atoms with Crippen molar-refractivity contribution in [2.45, 2.75) is 24.4 Å². The van der Waals surface area contributed by atoms with Gasteiger partial charge in [-0.05, 0) is 0 Å². The number of carboxylic acid groups (broad SMARTS) is 1. The van der Waals surface area contributed by atoms with Crippen LogP contribution in [0.4, 0.5) is 0 Å². The van der Waals surface area contributed by atoms with Crippen molar-refractivity contribution in [1.29, 1.82) is 0 Å². The van der Waals surface area contributed by atoms with Gasteiger partial charge < -0.3 is 30.6 Å². The van der Waals surface area contributed by atoms with Crippen LogP contribution in [0.3, 0.4) is 0 Å². The standard InChI is InChI=1S/C6H12O7.BH3/c7-1-2(8)3(9)4(10)5(11)6(12)13;/h2-5,7-11H,1H2,(H,12,13);1H3. The smallest absolute Gasteiger partial charge is 0.335 e. The highest BCUT2D eigenvalue weighted by molar-refractivity contribution is 5.75. The molecular formula is C6H15BO7. The first-order valence-electron chi connectivity index (χ1n) is 3.47. The second kappa shape index (κ2) is 6.74. The fraction of sp³-hybridized carbons (Fsp3) is 0.833.